The molecule has 0 atom stereocenters. The molecule has 2 rings (SSSR count). The molecule has 7 nitrogen and oxygen atoms in total. The van der Waals surface area contributed by atoms with Crippen molar-refractivity contribution < 1.29 is 22.7 Å². The van der Waals surface area contributed by atoms with Gasteiger partial charge in [0.1, 0.15) is 5.75 Å². The predicted octanol–water partition coefficient (Wildman–Crippen LogP) is 0.979. The Morgan fingerprint density at radius 3 is 2.40 bits per heavy atom. The molecule has 2 aromatic rings. The van der Waals surface area contributed by atoms with E-state index >= 15 is 0 Å². The lowest BCUT2D eigenvalue weighted by Gasteiger charge is -2.03. The summed E-state index contributed by atoms with van der Waals surface area (Å²) < 4.78 is 29.2. The summed E-state index contributed by atoms with van der Waals surface area (Å²) in [5.41, 5.74) is 0.532. The zero-order chi connectivity index (χ0) is 14.8. The number of hydrogen-bond donors (Lipinski definition) is 1. The van der Waals surface area contributed by atoms with Crippen LogP contribution in [0.5, 0.6) is 0 Å². The molecule has 0 fully saturated rings. The molecule has 1 aromatic carbocycles. The number of aryl methyl sites for hydroxylation is 1. The van der Waals surface area contributed by atoms with E-state index in [-0.39, 0.29) is 23.0 Å². The third-order valence-corrected chi connectivity index (χ3v) is 4.14. The Hall–Kier alpha value is -2.22. The van der Waals surface area contributed by atoms with E-state index in [1.807, 2.05) is 0 Å². The summed E-state index contributed by atoms with van der Waals surface area (Å²) in [6.07, 6.45) is -0.150. The van der Waals surface area contributed by atoms with Gasteiger partial charge in [0.15, 0.2) is 9.84 Å². The molecule has 106 valence electrons. The molecule has 0 radical (unpaired) electrons. The summed E-state index contributed by atoms with van der Waals surface area (Å²) in [5, 5.41) is 15.9. The number of carboxylic acids is 1. The van der Waals surface area contributed by atoms with Crippen molar-refractivity contribution in [3.05, 3.63) is 41.6 Å². The first-order valence-corrected chi connectivity index (χ1v) is 7.34. The van der Waals surface area contributed by atoms with Crippen LogP contribution >= 0.6 is 0 Å². The van der Waals surface area contributed by atoms with Gasteiger partial charge in [-0.15, -0.1) is 10.2 Å². The van der Waals surface area contributed by atoms with E-state index in [1.54, 1.807) is 6.92 Å². The topological polar surface area (TPSA) is 110 Å². The average Bonchev–Trinajstić information content (AvgIpc) is 2.74. The van der Waals surface area contributed by atoms with Gasteiger partial charge in [-0.3, -0.25) is 4.79 Å². The normalized spacial score (nSPS) is 11.4. The van der Waals surface area contributed by atoms with Crippen molar-refractivity contribution in [3.63, 3.8) is 0 Å². The number of nitrogens with zero attached hydrogens (tertiary/aromatic N) is 2. The molecule has 1 N–H and O–H groups in total. The Labute approximate surface area is 115 Å². The molecule has 0 aliphatic heterocycles. The SMILES string of the molecule is Cc1nnc(CS(=O)(=O)c2ccc(CC(=O)O)cc2)o1. The molecular weight excluding hydrogens is 284 g/mol. The number of benzene rings is 1. The van der Waals surface area contributed by atoms with Crippen LogP contribution in [0.4, 0.5) is 0 Å². The zero-order valence-corrected chi connectivity index (χ0v) is 11.4. The fraction of sp³-hybridized carbons (Fsp3) is 0.250. The van der Waals surface area contributed by atoms with E-state index in [2.05, 4.69) is 10.2 Å². The average molecular weight is 296 g/mol. The Balaban J connectivity index is 2.19. The van der Waals surface area contributed by atoms with Crippen LogP contribution < -0.4 is 0 Å². The first-order valence-electron chi connectivity index (χ1n) is 5.69. The Kier molecular flexibility index (Phi) is 3.84. The maximum absolute atomic E-state index is 12.1. The molecule has 0 aliphatic rings. The maximum Gasteiger partial charge on any atom is 0.307 e. The summed E-state index contributed by atoms with van der Waals surface area (Å²) in [6.45, 7) is 1.57. The Bertz CT molecular complexity index is 719. The van der Waals surface area contributed by atoms with E-state index in [9.17, 15) is 13.2 Å². The fourth-order valence-electron chi connectivity index (χ4n) is 1.63. The van der Waals surface area contributed by atoms with Crippen LogP contribution in [0, 0.1) is 6.92 Å². The van der Waals surface area contributed by atoms with E-state index in [1.165, 1.54) is 24.3 Å². The number of carbonyl (C=O) groups is 1. The fourth-order valence-corrected chi connectivity index (χ4v) is 2.79. The van der Waals surface area contributed by atoms with Crippen molar-refractivity contribution in [1.82, 2.24) is 10.2 Å². The molecule has 20 heavy (non-hydrogen) atoms. The standard InChI is InChI=1S/C12H12N2O5S/c1-8-13-14-11(19-8)7-20(17,18)10-4-2-9(3-5-10)6-12(15)16/h2-5H,6-7H2,1H3,(H,15,16). The van der Waals surface area contributed by atoms with Crippen LogP contribution in [0.15, 0.2) is 33.6 Å². The highest BCUT2D eigenvalue weighted by Crippen LogP contribution is 2.16. The van der Waals surface area contributed by atoms with Crippen LogP contribution in [0.3, 0.4) is 0 Å². The Morgan fingerprint density at radius 2 is 1.90 bits per heavy atom. The van der Waals surface area contributed by atoms with Crippen LogP contribution in [0.2, 0.25) is 0 Å². The molecule has 8 heteroatoms. The summed E-state index contributed by atoms with van der Waals surface area (Å²) in [5.74, 6) is -1.03. The summed E-state index contributed by atoms with van der Waals surface area (Å²) >= 11 is 0. The highest BCUT2D eigenvalue weighted by molar-refractivity contribution is 7.90. The summed E-state index contributed by atoms with van der Waals surface area (Å²) in [7, 11) is -3.59. The van der Waals surface area contributed by atoms with Crippen molar-refractivity contribution in [2.45, 2.75) is 24.0 Å². The lowest BCUT2D eigenvalue weighted by atomic mass is 10.2. The molecule has 0 unspecified atom stereocenters. The quantitative estimate of drug-likeness (QED) is 0.875. The molecule has 1 heterocycles. The minimum atomic E-state index is -3.59. The number of hydrogen-bond acceptors (Lipinski definition) is 6. The summed E-state index contributed by atoms with van der Waals surface area (Å²) in [6, 6.07) is 5.69. The number of rotatable bonds is 5. The molecule has 1 aromatic heterocycles. The predicted molar refractivity (Wildman–Crippen MR) is 67.7 cm³/mol. The second-order valence-corrected chi connectivity index (χ2v) is 6.18. The van der Waals surface area contributed by atoms with Crippen molar-refractivity contribution in [2.24, 2.45) is 0 Å². The van der Waals surface area contributed by atoms with E-state index in [0.29, 0.717) is 11.5 Å². The second-order valence-electron chi connectivity index (χ2n) is 4.19. The van der Waals surface area contributed by atoms with Gasteiger partial charge in [0.05, 0.1) is 11.3 Å². The monoisotopic (exact) mass is 296 g/mol. The van der Waals surface area contributed by atoms with Crippen molar-refractivity contribution in [3.8, 4) is 0 Å². The molecule has 0 saturated heterocycles. The highest BCUT2D eigenvalue weighted by Gasteiger charge is 2.19. The minimum Gasteiger partial charge on any atom is -0.481 e. The lowest BCUT2D eigenvalue weighted by Crippen LogP contribution is -2.06. The van der Waals surface area contributed by atoms with Crippen molar-refractivity contribution >= 4 is 15.8 Å². The van der Waals surface area contributed by atoms with Crippen molar-refractivity contribution in [1.29, 1.82) is 0 Å². The smallest absolute Gasteiger partial charge is 0.307 e. The molecule has 0 bridgehead atoms. The van der Waals surface area contributed by atoms with Gasteiger partial charge in [0.2, 0.25) is 11.8 Å². The molecular formula is C12H12N2O5S. The van der Waals surface area contributed by atoms with Gasteiger partial charge in [0, 0.05) is 6.92 Å². The van der Waals surface area contributed by atoms with Crippen LogP contribution in [0.25, 0.3) is 0 Å². The van der Waals surface area contributed by atoms with Gasteiger partial charge in [-0.25, -0.2) is 8.42 Å². The maximum atomic E-state index is 12.1. The van der Waals surface area contributed by atoms with Gasteiger partial charge in [0.25, 0.3) is 0 Å². The largest absolute Gasteiger partial charge is 0.481 e. The van der Waals surface area contributed by atoms with Gasteiger partial charge in [-0.2, -0.15) is 0 Å². The number of sulfone groups is 1. The van der Waals surface area contributed by atoms with Crippen LogP contribution in [-0.2, 0) is 26.8 Å². The van der Waals surface area contributed by atoms with E-state index < -0.39 is 15.8 Å². The third kappa shape index (κ3) is 3.41. The summed E-state index contributed by atoms with van der Waals surface area (Å²) in [4.78, 5) is 10.6. The molecule has 0 saturated carbocycles. The minimum absolute atomic E-state index is 0.0251. The molecule has 0 spiro atoms. The third-order valence-electron chi connectivity index (χ3n) is 2.52. The van der Waals surface area contributed by atoms with E-state index in [4.69, 9.17) is 9.52 Å². The number of aliphatic carboxylic acids is 1. The number of carboxylic acid groups (broad SMARTS) is 1. The number of aromatic nitrogens is 2. The van der Waals surface area contributed by atoms with Crippen LogP contribution in [-0.4, -0.2) is 29.7 Å². The van der Waals surface area contributed by atoms with Gasteiger partial charge < -0.3 is 9.52 Å². The van der Waals surface area contributed by atoms with Gasteiger partial charge in [-0.1, -0.05) is 12.1 Å². The van der Waals surface area contributed by atoms with Crippen molar-refractivity contribution in [2.75, 3.05) is 0 Å². The second kappa shape index (κ2) is 5.41. The first-order chi connectivity index (χ1) is 9.37. The highest BCUT2D eigenvalue weighted by atomic mass is 32.2. The lowest BCUT2D eigenvalue weighted by molar-refractivity contribution is -0.136. The van der Waals surface area contributed by atoms with Gasteiger partial charge in [-0.05, 0) is 17.7 Å². The zero-order valence-electron chi connectivity index (χ0n) is 10.6. The molecule has 0 amide bonds. The van der Waals surface area contributed by atoms with E-state index in [0.717, 1.165) is 0 Å². The molecule has 0 aliphatic carbocycles. The van der Waals surface area contributed by atoms with Gasteiger partial charge >= 0.3 is 5.97 Å². The Morgan fingerprint density at radius 1 is 1.25 bits per heavy atom. The first kappa shape index (κ1) is 14.2. The van der Waals surface area contributed by atoms with Crippen LogP contribution in [0.1, 0.15) is 17.3 Å².